The number of thiophene rings is 1. The fourth-order valence-electron chi connectivity index (χ4n) is 1.67. The van der Waals surface area contributed by atoms with Crippen LogP contribution < -0.4 is 10.7 Å². The predicted octanol–water partition coefficient (Wildman–Crippen LogP) is 3.16. The van der Waals surface area contributed by atoms with E-state index in [0.29, 0.717) is 16.7 Å². The third-order valence-electron chi connectivity index (χ3n) is 2.71. The minimum Gasteiger partial charge on any atom is -0.323 e. The fourth-order valence-corrected chi connectivity index (χ4v) is 2.28. The first-order valence-corrected chi connectivity index (χ1v) is 7.45. The SMILES string of the molecule is C/C(CC(=O)Nc1ccc(F)cc1F)=N\NC(=O)c1cccs1. The lowest BCUT2D eigenvalue weighted by Gasteiger charge is -2.06. The highest BCUT2D eigenvalue weighted by Gasteiger charge is 2.10. The van der Waals surface area contributed by atoms with Gasteiger partial charge in [-0.3, -0.25) is 9.59 Å². The Labute approximate surface area is 135 Å². The molecule has 0 saturated carbocycles. The topological polar surface area (TPSA) is 70.6 Å². The number of carbonyl (C=O) groups excluding carboxylic acids is 2. The van der Waals surface area contributed by atoms with E-state index in [1.807, 2.05) is 0 Å². The molecule has 0 fully saturated rings. The number of nitrogens with one attached hydrogen (secondary N) is 2. The highest BCUT2D eigenvalue weighted by atomic mass is 32.1. The molecule has 5 nitrogen and oxygen atoms in total. The smallest absolute Gasteiger partial charge is 0.281 e. The van der Waals surface area contributed by atoms with Gasteiger partial charge in [-0.15, -0.1) is 11.3 Å². The second-order valence-electron chi connectivity index (χ2n) is 4.61. The number of carbonyl (C=O) groups is 2. The first kappa shape index (κ1) is 16.8. The Morgan fingerprint density at radius 2 is 2.04 bits per heavy atom. The minimum atomic E-state index is -0.862. The summed E-state index contributed by atoms with van der Waals surface area (Å²) in [6, 6.07) is 6.24. The standard InChI is InChI=1S/C15H13F2N3O2S/c1-9(19-20-15(22)13-3-2-6-23-13)7-14(21)18-12-5-4-10(16)8-11(12)17/h2-6,8H,7H2,1H3,(H,18,21)(H,20,22)/b19-9+. The van der Waals surface area contributed by atoms with Crippen molar-refractivity contribution in [3.63, 3.8) is 0 Å². The van der Waals surface area contributed by atoms with E-state index >= 15 is 0 Å². The molecule has 0 radical (unpaired) electrons. The van der Waals surface area contributed by atoms with Gasteiger partial charge >= 0.3 is 0 Å². The van der Waals surface area contributed by atoms with Crippen LogP contribution in [-0.2, 0) is 4.79 Å². The third kappa shape index (κ3) is 4.96. The van der Waals surface area contributed by atoms with Gasteiger partial charge < -0.3 is 5.32 Å². The van der Waals surface area contributed by atoms with Crippen molar-refractivity contribution in [3.05, 3.63) is 52.2 Å². The van der Waals surface area contributed by atoms with Crippen molar-refractivity contribution in [1.29, 1.82) is 0 Å². The molecule has 23 heavy (non-hydrogen) atoms. The molecule has 0 atom stereocenters. The van der Waals surface area contributed by atoms with Crippen LogP contribution in [0.25, 0.3) is 0 Å². The molecule has 0 saturated heterocycles. The van der Waals surface area contributed by atoms with Gasteiger partial charge in [0.2, 0.25) is 5.91 Å². The second kappa shape index (κ2) is 7.59. The lowest BCUT2D eigenvalue weighted by atomic mass is 10.2. The van der Waals surface area contributed by atoms with Crippen LogP contribution in [0.4, 0.5) is 14.5 Å². The summed E-state index contributed by atoms with van der Waals surface area (Å²) in [7, 11) is 0. The first-order valence-electron chi connectivity index (χ1n) is 6.57. The zero-order chi connectivity index (χ0) is 16.8. The van der Waals surface area contributed by atoms with E-state index in [9.17, 15) is 18.4 Å². The molecule has 2 rings (SSSR count). The summed E-state index contributed by atoms with van der Waals surface area (Å²) < 4.78 is 26.2. The summed E-state index contributed by atoms with van der Waals surface area (Å²) in [5, 5.41) is 7.88. The Balaban J connectivity index is 1.89. The molecule has 2 N–H and O–H groups in total. The number of hydrogen-bond acceptors (Lipinski definition) is 4. The van der Waals surface area contributed by atoms with Gasteiger partial charge in [-0.05, 0) is 30.5 Å². The first-order chi connectivity index (χ1) is 11.0. The molecule has 0 unspecified atom stereocenters. The van der Waals surface area contributed by atoms with Crippen molar-refractivity contribution in [2.45, 2.75) is 13.3 Å². The van der Waals surface area contributed by atoms with Crippen LogP contribution in [0, 0.1) is 11.6 Å². The van der Waals surface area contributed by atoms with Crippen LogP contribution in [0.5, 0.6) is 0 Å². The minimum absolute atomic E-state index is 0.119. The molecular weight excluding hydrogens is 324 g/mol. The van der Waals surface area contributed by atoms with Crippen molar-refractivity contribution in [3.8, 4) is 0 Å². The summed E-state index contributed by atoms with van der Waals surface area (Å²) >= 11 is 1.27. The molecule has 2 aromatic rings. The summed E-state index contributed by atoms with van der Waals surface area (Å²) in [5.41, 5.74) is 2.55. The highest BCUT2D eigenvalue weighted by molar-refractivity contribution is 7.12. The normalized spacial score (nSPS) is 11.2. The number of halogens is 2. The average Bonchev–Trinajstić information content (AvgIpc) is 3.02. The summed E-state index contributed by atoms with van der Waals surface area (Å²) in [6.45, 7) is 1.55. The van der Waals surface area contributed by atoms with Gasteiger partial charge in [0.05, 0.1) is 17.0 Å². The van der Waals surface area contributed by atoms with Crippen LogP contribution in [0.3, 0.4) is 0 Å². The Hall–Kier alpha value is -2.61. The molecule has 2 amide bonds. The average molecular weight is 337 g/mol. The Morgan fingerprint density at radius 3 is 2.70 bits per heavy atom. The highest BCUT2D eigenvalue weighted by Crippen LogP contribution is 2.15. The van der Waals surface area contributed by atoms with E-state index in [2.05, 4.69) is 15.8 Å². The van der Waals surface area contributed by atoms with Crippen LogP contribution >= 0.6 is 11.3 Å². The summed E-state index contributed by atoms with van der Waals surface area (Å²) in [4.78, 5) is 23.9. The predicted molar refractivity (Wildman–Crippen MR) is 84.5 cm³/mol. The largest absolute Gasteiger partial charge is 0.323 e. The number of hydrazone groups is 1. The Morgan fingerprint density at radius 1 is 1.26 bits per heavy atom. The molecule has 120 valence electrons. The molecule has 0 aliphatic rings. The quantitative estimate of drug-likeness (QED) is 0.650. The van der Waals surface area contributed by atoms with Crippen molar-refractivity contribution >= 4 is 34.6 Å². The maximum atomic E-state index is 13.4. The van der Waals surface area contributed by atoms with Crippen molar-refractivity contribution in [2.24, 2.45) is 5.10 Å². The van der Waals surface area contributed by atoms with Gasteiger partial charge in [0.1, 0.15) is 11.6 Å². The van der Waals surface area contributed by atoms with Gasteiger partial charge in [0.25, 0.3) is 5.91 Å². The maximum absolute atomic E-state index is 13.4. The lowest BCUT2D eigenvalue weighted by molar-refractivity contribution is -0.115. The van der Waals surface area contributed by atoms with Crippen LogP contribution in [-0.4, -0.2) is 17.5 Å². The van der Waals surface area contributed by atoms with Gasteiger partial charge in [-0.25, -0.2) is 14.2 Å². The zero-order valence-electron chi connectivity index (χ0n) is 12.1. The Bertz CT molecular complexity index is 745. The van der Waals surface area contributed by atoms with Crippen molar-refractivity contribution in [1.82, 2.24) is 5.43 Å². The molecule has 1 aromatic heterocycles. The fraction of sp³-hybridized carbons (Fsp3) is 0.133. The van der Waals surface area contributed by atoms with Crippen molar-refractivity contribution in [2.75, 3.05) is 5.32 Å². The molecular formula is C15H13F2N3O2S. The molecule has 0 spiro atoms. The maximum Gasteiger partial charge on any atom is 0.281 e. The molecule has 0 bridgehead atoms. The summed E-state index contributed by atoms with van der Waals surface area (Å²) in [5.74, 6) is -2.49. The van der Waals surface area contributed by atoms with Crippen LogP contribution in [0.1, 0.15) is 23.0 Å². The number of nitrogens with zero attached hydrogens (tertiary/aromatic N) is 1. The van der Waals surface area contributed by atoms with E-state index in [0.717, 1.165) is 12.1 Å². The number of amides is 2. The number of benzene rings is 1. The van der Waals surface area contributed by atoms with Crippen LogP contribution in [0.2, 0.25) is 0 Å². The second-order valence-corrected chi connectivity index (χ2v) is 5.56. The van der Waals surface area contributed by atoms with Crippen molar-refractivity contribution < 1.29 is 18.4 Å². The Kier molecular flexibility index (Phi) is 5.53. The zero-order valence-corrected chi connectivity index (χ0v) is 12.9. The number of hydrogen-bond donors (Lipinski definition) is 2. The van der Waals surface area contributed by atoms with E-state index < -0.39 is 17.5 Å². The third-order valence-corrected chi connectivity index (χ3v) is 3.58. The molecule has 0 aliphatic carbocycles. The molecule has 1 aromatic carbocycles. The monoisotopic (exact) mass is 337 g/mol. The molecule has 8 heteroatoms. The van der Waals surface area contributed by atoms with E-state index in [-0.39, 0.29) is 18.0 Å². The van der Waals surface area contributed by atoms with Gasteiger partial charge in [0, 0.05) is 11.8 Å². The van der Waals surface area contributed by atoms with E-state index in [4.69, 9.17) is 0 Å². The van der Waals surface area contributed by atoms with Crippen LogP contribution in [0.15, 0.2) is 40.8 Å². The molecule has 1 heterocycles. The van der Waals surface area contributed by atoms with Gasteiger partial charge in [-0.2, -0.15) is 5.10 Å². The number of rotatable bonds is 5. The van der Waals surface area contributed by atoms with Gasteiger partial charge in [-0.1, -0.05) is 6.07 Å². The lowest BCUT2D eigenvalue weighted by Crippen LogP contribution is -2.21. The van der Waals surface area contributed by atoms with E-state index in [1.54, 1.807) is 24.4 Å². The van der Waals surface area contributed by atoms with Gasteiger partial charge in [0.15, 0.2) is 0 Å². The van der Waals surface area contributed by atoms with E-state index in [1.165, 1.54) is 11.3 Å². The molecule has 0 aliphatic heterocycles. The number of anilines is 1. The summed E-state index contributed by atoms with van der Waals surface area (Å²) in [6.07, 6.45) is -0.137.